The van der Waals surface area contributed by atoms with Gasteiger partial charge < -0.3 is 25.7 Å². The van der Waals surface area contributed by atoms with Gasteiger partial charge in [-0.2, -0.15) is 0 Å². The van der Waals surface area contributed by atoms with Gasteiger partial charge in [-0.3, -0.25) is 9.59 Å². The van der Waals surface area contributed by atoms with Crippen LogP contribution in [-0.4, -0.2) is 64.7 Å². The fraction of sp³-hybridized carbons (Fsp3) is 0.636. The van der Waals surface area contributed by atoms with E-state index in [-0.39, 0.29) is 38.3 Å². The maximum absolute atomic E-state index is 11.9. The summed E-state index contributed by atoms with van der Waals surface area (Å²) >= 11 is 0. The molecule has 20 heavy (non-hydrogen) atoms. The number of carboxylic acids is 2. The van der Waals surface area contributed by atoms with Crippen LogP contribution >= 0.6 is 0 Å². The first-order valence-electron chi connectivity index (χ1n) is 6.17. The van der Waals surface area contributed by atoms with Crippen LogP contribution in [-0.2, 0) is 14.4 Å². The Kier molecular flexibility index (Phi) is 5.75. The first-order valence-corrected chi connectivity index (χ1v) is 6.17. The maximum atomic E-state index is 11.9. The molecule has 0 radical (unpaired) electrons. The first-order chi connectivity index (χ1) is 9.40. The minimum atomic E-state index is -1.29. The van der Waals surface area contributed by atoms with E-state index in [2.05, 4.69) is 10.6 Å². The lowest BCUT2D eigenvalue weighted by Crippen LogP contribution is -2.49. The molecule has 0 aromatic rings. The van der Waals surface area contributed by atoms with E-state index < -0.39 is 24.0 Å². The number of carbonyl (C=O) groups excluding carboxylic acids is 2. The van der Waals surface area contributed by atoms with Crippen LogP contribution in [0.25, 0.3) is 0 Å². The van der Waals surface area contributed by atoms with E-state index in [0.717, 1.165) is 0 Å². The summed E-state index contributed by atoms with van der Waals surface area (Å²) in [5.41, 5.74) is 0. The van der Waals surface area contributed by atoms with Gasteiger partial charge >= 0.3 is 18.0 Å². The zero-order chi connectivity index (χ0) is 15.1. The molecule has 3 amide bonds. The topological polar surface area (TPSA) is 136 Å². The summed E-state index contributed by atoms with van der Waals surface area (Å²) in [6.07, 6.45) is -0.390. The molecule has 0 aromatic carbocycles. The Morgan fingerprint density at radius 1 is 1.30 bits per heavy atom. The Hall–Kier alpha value is -2.32. The highest BCUT2D eigenvalue weighted by Gasteiger charge is 2.25. The van der Waals surface area contributed by atoms with Crippen molar-refractivity contribution in [1.82, 2.24) is 15.5 Å². The Morgan fingerprint density at radius 2 is 2.00 bits per heavy atom. The van der Waals surface area contributed by atoms with Gasteiger partial charge in [0.25, 0.3) is 0 Å². The van der Waals surface area contributed by atoms with Crippen LogP contribution in [0.5, 0.6) is 0 Å². The Labute approximate surface area is 114 Å². The van der Waals surface area contributed by atoms with Crippen molar-refractivity contribution < 1.29 is 29.4 Å². The largest absolute Gasteiger partial charge is 0.481 e. The summed E-state index contributed by atoms with van der Waals surface area (Å²) in [5.74, 6) is -2.58. The molecule has 0 saturated carbocycles. The molecule has 1 aliphatic rings. The molecular formula is C11H17N3O6. The van der Waals surface area contributed by atoms with Crippen LogP contribution in [0.2, 0.25) is 0 Å². The predicted molar refractivity (Wildman–Crippen MR) is 66.0 cm³/mol. The van der Waals surface area contributed by atoms with E-state index in [1.807, 2.05) is 0 Å². The highest BCUT2D eigenvalue weighted by atomic mass is 16.4. The van der Waals surface area contributed by atoms with Crippen molar-refractivity contribution in [3.05, 3.63) is 0 Å². The molecule has 1 rings (SSSR count). The number of rotatable bonds is 5. The van der Waals surface area contributed by atoms with Crippen LogP contribution in [0.3, 0.4) is 0 Å². The zero-order valence-corrected chi connectivity index (χ0v) is 10.8. The van der Waals surface area contributed by atoms with Crippen molar-refractivity contribution in [2.45, 2.75) is 25.3 Å². The van der Waals surface area contributed by atoms with E-state index in [4.69, 9.17) is 10.2 Å². The van der Waals surface area contributed by atoms with Gasteiger partial charge in [-0.15, -0.1) is 0 Å². The van der Waals surface area contributed by atoms with E-state index in [9.17, 15) is 19.2 Å². The zero-order valence-electron chi connectivity index (χ0n) is 10.8. The van der Waals surface area contributed by atoms with Gasteiger partial charge in [0.15, 0.2) is 0 Å². The molecular weight excluding hydrogens is 270 g/mol. The number of carbonyl (C=O) groups is 4. The maximum Gasteiger partial charge on any atom is 0.326 e. The second kappa shape index (κ2) is 7.31. The van der Waals surface area contributed by atoms with E-state index in [0.29, 0.717) is 6.54 Å². The second-order valence-corrected chi connectivity index (χ2v) is 4.36. The SMILES string of the molecule is O=C(O)CC[C@H](NC(=O)N1CCNC(=O)CC1)C(=O)O. The summed E-state index contributed by atoms with van der Waals surface area (Å²) in [4.78, 5) is 45.7. The lowest BCUT2D eigenvalue weighted by atomic mass is 10.1. The summed E-state index contributed by atoms with van der Waals surface area (Å²) in [6.45, 7) is 0.783. The first kappa shape index (κ1) is 15.7. The molecule has 1 aliphatic heterocycles. The van der Waals surface area contributed by atoms with Crippen molar-refractivity contribution in [2.24, 2.45) is 0 Å². The normalized spacial score (nSPS) is 16.8. The van der Waals surface area contributed by atoms with Crippen LogP contribution in [0.4, 0.5) is 4.79 Å². The van der Waals surface area contributed by atoms with Gasteiger partial charge in [0.1, 0.15) is 6.04 Å². The van der Waals surface area contributed by atoms with Crippen molar-refractivity contribution in [3.63, 3.8) is 0 Å². The van der Waals surface area contributed by atoms with Crippen molar-refractivity contribution in [3.8, 4) is 0 Å². The lowest BCUT2D eigenvalue weighted by Gasteiger charge is -2.22. The van der Waals surface area contributed by atoms with Gasteiger partial charge in [0.05, 0.1) is 0 Å². The van der Waals surface area contributed by atoms with Crippen molar-refractivity contribution in [1.29, 1.82) is 0 Å². The Bertz CT molecular complexity index is 411. The van der Waals surface area contributed by atoms with E-state index in [1.54, 1.807) is 0 Å². The van der Waals surface area contributed by atoms with Crippen molar-refractivity contribution in [2.75, 3.05) is 19.6 Å². The van der Waals surface area contributed by atoms with Crippen LogP contribution < -0.4 is 10.6 Å². The number of nitrogens with one attached hydrogen (secondary N) is 2. The van der Waals surface area contributed by atoms with Gasteiger partial charge in [-0.25, -0.2) is 9.59 Å². The number of hydrogen-bond donors (Lipinski definition) is 4. The monoisotopic (exact) mass is 287 g/mol. The number of aliphatic carboxylic acids is 2. The average Bonchev–Trinajstić information content (AvgIpc) is 2.58. The minimum absolute atomic E-state index is 0.153. The molecule has 1 saturated heterocycles. The van der Waals surface area contributed by atoms with Gasteiger partial charge in [0.2, 0.25) is 5.91 Å². The average molecular weight is 287 g/mol. The summed E-state index contributed by atoms with van der Waals surface area (Å²) < 4.78 is 0. The molecule has 9 heteroatoms. The summed E-state index contributed by atoms with van der Waals surface area (Å²) in [5, 5.41) is 22.3. The van der Waals surface area contributed by atoms with E-state index in [1.165, 1.54) is 4.90 Å². The highest BCUT2D eigenvalue weighted by molar-refractivity contribution is 5.84. The molecule has 1 atom stereocenters. The van der Waals surface area contributed by atoms with Gasteiger partial charge in [-0.1, -0.05) is 0 Å². The molecule has 0 aliphatic carbocycles. The Morgan fingerprint density at radius 3 is 2.60 bits per heavy atom. The second-order valence-electron chi connectivity index (χ2n) is 4.36. The minimum Gasteiger partial charge on any atom is -0.481 e. The molecule has 0 aromatic heterocycles. The third-order valence-corrected chi connectivity index (χ3v) is 2.84. The fourth-order valence-electron chi connectivity index (χ4n) is 1.74. The lowest BCUT2D eigenvalue weighted by molar-refractivity contribution is -0.140. The smallest absolute Gasteiger partial charge is 0.326 e. The number of hydrogen-bond acceptors (Lipinski definition) is 4. The highest BCUT2D eigenvalue weighted by Crippen LogP contribution is 2.02. The van der Waals surface area contributed by atoms with Crippen molar-refractivity contribution >= 4 is 23.9 Å². The third kappa shape index (κ3) is 5.12. The molecule has 9 nitrogen and oxygen atoms in total. The quantitative estimate of drug-likeness (QED) is 0.503. The number of amides is 3. The molecule has 1 heterocycles. The fourth-order valence-corrected chi connectivity index (χ4v) is 1.74. The molecule has 4 N–H and O–H groups in total. The van der Waals surface area contributed by atoms with Gasteiger partial charge in [0, 0.05) is 32.5 Å². The standard InChI is InChI=1S/C11H17N3O6/c15-8-3-5-14(6-4-12-8)11(20)13-7(10(18)19)1-2-9(16)17/h7H,1-6H2,(H,12,15)(H,13,20)(H,16,17)(H,18,19)/t7-/m0/s1. The van der Waals surface area contributed by atoms with Gasteiger partial charge in [-0.05, 0) is 6.42 Å². The number of nitrogens with zero attached hydrogens (tertiary/aromatic N) is 1. The number of carboxylic acid groups (broad SMARTS) is 2. The molecule has 0 spiro atoms. The summed E-state index contributed by atoms with van der Waals surface area (Å²) in [7, 11) is 0. The van der Waals surface area contributed by atoms with Crippen LogP contribution in [0.15, 0.2) is 0 Å². The van der Waals surface area contributed by atoms with E-state index >= 15 is 0 Å². The molecule has 112 valence electrons. The third-order valence-electron chi connectivity index (χ3n) is 2.84. The molecule has 0 unspecified atom stereocenters. The van der Waals surface area contributed by atoms with Crippen LogP contribution in [0, 0.1) is 0 Å². The molecule has 0 bridgehead atoms. The predicted octanol–water partition coefficient (Wildman–Crippen LogP) is -1.16. The Balaban J connectivity index is 2.54. The summed E-state index contributed by atoms with van der Waals surface area (Å²) in [6, 6.07) is -1.87. The number of urea groups is 1. The molecule has 1 fully saturated rings. The van der Waals surface area contributed by atoms with Crippen LogP contribution in [0.1, 0.15) is 19.3 Å².